The molecule has 1 aromatic rings. The Morgan fingerprint density at radius 1 is 1.53 bits per heavy atom. The third kappa shape index (κ3) is 2.57. The highest BCUT2D eigenvalue weighted by Crippen LogP contribution is 2.33. The van der Waals surface area contributed by atoms with Gasteiger partial charge in [-0.1, -0.05) is 18.2 Å². The zero-order valence-electron chi connectivity index (χ0n) is 9.30. The summed E-state index contributed by atoms with van der Waals surface area (Å²) in [7, 11) is 0. The number of nitrogens with one attached hydrogen (secondary N) is 1. The minimum absolute atomic E-state index is 0.0496. The molecule has 2 unspecified atom stereocenters. The lowest BCUT2D eigenvalue weighted by molar-refractivity contribution is -0.123. The van der Waals surface area contributed by atoms with Crippen molar-refractivity contribution in [1.29, 1.82) is 0 Å². The Morgan fingerprint density at radius 2 is 2.29 bits per heavy atom. The standard InChI is InChI=1S/C12H15NO4/c14-6-8(15)5-13-12(16)10-7-17-11-4-2-1-3-9(10)11/h1-4,8,10,14-15H,5-7H2,(H,13,16). The van der Waals surface area contributed by atoms with Crippen LogP contribution in [0.25, 0.3) is 0 Å². The van der Waals surface area contributed by atoms with Crippen LogP contribution in [0.2, 0.25) is 0 Å². The third-order valence-electron chi connectivity index (χ3n) is 2.74. The van der Waals surface area contributed by atoms with Crippen LogP contribution in [0.4, 0.5) is 0 Å². The zero-order valence-corrected chi connectivity index (χ0v) is 9.30. The fourth-order valence-electron chi connectivity index (χ4n) is 1.79. The summed E-state index contributed by atoms with van der Waals surface area (Å²) in [6.07, 6.45) is -0.920. The second-order valence-electron chi connectivity index (χ2n) is 3.98. The van der Waals surface area contributed by atoms with Crippen molar-refractivity contribution in [1.82, 2.24) is 5.32 Å². The number of aliphatic hydroxyl groups excluding tert-OH is 2. The van der Waals surface area contributed by atoms with Crippen LogP contribution in [0, 0.1) is 0 Å². The van der Waals surface area contributed by atoms with E-state index in [1.807, 2.05) is 24.3 Å². The van der Waals surface area contributed by atoms with Crippen molar-refractivity contribution in [3.8, 4) is 5.75 Å². The summed E-state index contributed by atoms with van der Waals surface area (Å²) in [4.78, 5) is 11.8. The lowest BCUT2D eigenvalue weighted by Gasteiger charge is -2.12. The predicted octanol–water partition coefficient (Wildman–Crippen LogP) is -0.368. The molecule has 17 heavy (non-hydrogen) atoms. The molecule has 0 saturated carbocycles. The van der Waals surface area contributed by atoms with Gasteiger partial charge in [0.1, 0.15) is 18.3 Å². The largest absolute Gasteiger partial charge is 0.492 e. The van der Waals surface area contributed by atoms with Gasteiger partial charge in [0.2, 0.25) is 5.91 Å². The average Bonchev–Trinajstić information content (AvgIpc) is 2.79. The van der Waals surface area contributed by atoms with Gasteiger partial charge in [0.15, 0.2) is 0 Å². The van der Waals surface area contributed by atoms with Gasteiger partial charge in [-0.3, -0.25) is 4.79 Å². The molecule has 92 valence electrons. The Morgan fingerprint density at radius 3 is 3.06 bits per heavy atom. The second kappa shape index (κ2) is 5.16. The van der Waals surface area contributed by atoms with E-state index < -0.39 is 6.10 Å². The summed E-state index contributed by atoms with van der Waals surface area (Å²) >= 11 is 0. The molecule has 5 nitrogen and oxygen atoms in total. The Labute approximate surface area is 99.0 Å². The van der Waals surface area contributed by atoms with Crippen LogP contribution in [0.15, 0.2) is 24.3 Å². The van der Waals surface area contributed by atoms with E-state index in [9.17, 15) is 4.79 Å². The van der Waals surface area contributed by atoms with Gasteiger partial charge in [0, 0.05) is 12.1 Å². The number of amides is 1. The molecule has 0 spiro atoms. The molecule has 0 radical (unpaired) electrons. The van der Waals surface area contributed by atoms with Crippen LogP contribution < -0.4 is 10.1 Å². The summed E-state index contributed by atoms with van der Waals surface area (Å²) in [6.45, 7) is 0.00638. The lowest BCUT2D eigenvalue weighted by atomic mass is 10.0. The second-order valence-corrected chi connectivity index (χ2v) is 3.98. The van der Waals surface area contributed by atoms with Crippen molar-refractivity contribution >= 4 is 5.91 Å². The van der Waals surface area contributed by atoms with Crippen LogP contribution in [-0.2, 0) is 4.79 Å². The highest BCUT2D eigenvalue weighted by molar-refractivity contribution is 5.85. The Hall–Kier alpha value is -1.59. The van der Waals surface area contributed by atoms with E-state index in [1.54, 1.807) is 0 Å². The van der Waals surface area contributed by atoms with Crippen LogP contribution in [0.5, 0.6) is 5.75 Å². The molecular formula is C12H15NO4. The molecular weight excluding hydrogens is 222 g/mol. The first kappa shape index (κ1) is 11.9. The highest BCUT2D eigenvalue weighted by Gasteiger charge is 2.29. The fraction of sp³-hybridized carbons (Fsp3) is 0.417. The van der Waals surface area contributed by atoms with E-state index in [-0.39, 0.29) is 25.0 Å². The number of para-hydroxylation sites is 1. The van der Waals surface area contributed by atoms with E-state index in [2.05, 4.69) is 5.32 Å². The van der Waals surface area contributed by atoms with Crippen molar-refractivity contribution in [2.75, 3.05) is 19.8 Å². The van der Waals surface area contributed by atoms with Crippen molar-refractivity contribution in [2.24, 2.45) is 0 Å². The maximum Gasteiger partial charge on any atom is 0.231 e. The van der Waals surface area contributed by atoms with E-state index in [0.29, 0.717) is 6.61 Å². The number of carbonyl (C=O) groups is 1. The molecule has 2 rings (SSSR count). The van der Waals surface area contributed by atoms with E-state index in [0.717, 1.165) is 11.3 Å². The molecule has 2 atom stereocenters. The topological polar surface area (TPSA) is 78.8 Å². The zero-order chi connectivity index (χ0) is 12.3. The summed E-state index contributed by atoms with van der Waals surface area (Å²) in [5.74, 6) is 0.204. The number of hydrogen-bond donors (Lipinski definition) is 3. The molecule has 1 aromatic carbocycles. The molecule has 1 amide bonds. The Bertz CT molecular complexity index is 407. The maximum absolute atomic E-state index is 11.8. The van der Waals surface area contributed by atoms with E-state index in [1.165, 1.54) is 0 Å². The Kier molecular flexibility index (Phi) is 3.61. The molecule has 1 aliphatic rings. The minimum atomic E-state index is -0.920. The maximum atomic E-state index is 11.8. The molecule has 3 N–H and O–H groups in total. The van der Waals surface area contributed by atoms with E-state index >= 15 is 0 Å². The summed E-state index contributed by atoms with van der Waals surface area (Å²) in [5.41, 5.74) is 0.864. The number of ether oxygens (including phenoxy) is 1. The van der Waals surface area contributed by atoms with Gasteiger partial charge in [-0.25, -0.2) is 0 Å². The molecule has 0 aromatic heterocycles. The van der Waals surface area contributed by atoms with Crippen molar-refractivity contribution in [3.05, 3.63) is 29.8 Å². The van der Waals surface area contributed by atoms with Crippen LogP contribution in [0.3, 0.4) is 0 Å². The van der Waals surface area contributed by atoms with Gasteiger partial charge >= 0.3 is 0 Å². The van der Waals surface area contributed by atoms with Crippen molar-refractivity contribution < 1.29 is 19.7 Å². The van der Waals surface area contributed by atoms with Crippen LogP contribution in [0.1, 0.15) is 11.5 Å². The number of benzene rings is 1. The average molecular weight is 237 g/mol. The molecule has 0 fully saturated rings. The number of fused-ring (bicyclic) bond motifs is 1. The molecule has 1 aliphatic heterocycles. The first-order chi connectivity index (χ1) is 8.22. The first-order valence-electron chi connectivity index (χ1n) is 5.50. The summed E-state index contributed by atoms with van der Waals surface area (Å²) in [5, 5.41) is 20.4. The molecule has 0 aliphatic carbocycles. The Balaban J connectivity index is 1.98. The fourth-order valence-corrected chi connectivity index (χ4v) is 1.79. The van der Waals surface area contributed by atoms with Gasteiger partial charge in [-0.2, -0.15) is 0 Å². The number of hydrogen-bond acceptors (Lipinski definition) is 4. The third-order valence-corrected chi connectivity index (χ3v) is 2.74. The lowest BCUT2D eigenvalue weighted by Crippen LogP contribution is -2.37. The first-order valence-corrected chi connectivity index (χ1v) is 5.50. The summed E-state index contributed by atoms with van der Waals surface area (Å²) in [6, 6.07) is 7.39. The molecule has 1 heterocycles. The smallest absolute Gasteiger partial charge is 0.231 e. The summed E-state index contributed by atoms with van der Waals surface area (Å²) < 4.78 is 5.39. The van der Waals surface area contributed by atoms with Crippen LogP contribution >= 0.6 is 0 Å². The van der Waals surface area contributed by atoms with Gasteiger partial charge in [0.05, 0.1) is 12.7 Å². The van der Waals surface area contributed by atoms with Gasteiger partial charge in [-0.05, 0) is 6.07 Å². The molecule has 0 saturated heterocycles. The number of aliphatic hydroxyl groups is 2. The molecule has 0 bridgehead atoms. The SMILES string of the molecule is O=C(NCC(O)CO)C1COc2ccccc21. The quantitative estimate of drug-likeness (QED) is 0.667. The van der Waals surface area contributed by atoms with Gasteiger partial charge in [-0.15, -0.1) is 0 Å². The van der Waals surface area contributed by atoms with Crippen LogP contribution in [-0.4, -0.2) is 42.0 Å². The van der Waals surface area contributed by atoms with Crippen molar-refractivity contribution in [2.45, 2.75) is 12.0 Å². The van der Waals surface area contributed by atoms with Gasteiger partial charge < -0.3 is 20.3 Å². The highest BCUT2D eigenvalue weighted by atomic mass is 16.5. The normalized spacial score (nSPS) is 19.3. The van der Waals surface area contributed by atoms with Gasteiger partial charge in [0.25, 0.3) is 0 Å². The van der Waals surface area contributed by atoms with E-state index in [4.69, 9.17) is 14.9 Å². The number of carbonyl (C=O) groups excluding carboxylic acids is 1. The van der Waals surface area contributed by atoms with Crippen molar-refractivity contribution in [3.63, 3.8) is 0 Å². The number of rotatable bonds is 4. The molecule has 5 heteroatoms. The monoisotopic (exact) mass is 237 g/mol. The predicted molar refractivity (Wildman–Crippen MR) is 60.8 cm³/mol. The minimum Gasteiger partial charge on any atom is -0.492 e.